The largest absolute Gasteiger partial charge is 0.392 e. The molecule has 1 N–H and O–H groups in total. The van der Waals surface area contributed by atoms with Crippen molar-refractivity contribution in [3.63, 3.8) is 0 Å². The van der Waals surface area contributed by atoms with Crippen LogP contribution >= 0.6 is 0 Å². The van der Waals surface area contributed by atoms with E-state index in [9.17, 15) is 18.7 Å². The number of hydrogen-bond donors (Lipinski definition) is 1. The number of aliphatic hydroxyl groups excluding tert-OH is 1. The number of nitrogens with zero attached hydrogens (tertiary/aromatic N) is 4. The molecule has 4 heterocycles. The van der Waals surface area contributed by atoms with Crippen molar-refractivity contribution >= 4 is 5.91 Å². The zero-order valence-corrected chi connectivity index (χ0v) is 16.9. The number of piperidine rings is 2. The van der Waals surface area contributed by atoms with E-state index in [1.165, 1.54) is 13.0 Å². The SMILES string of the molecule is Cc1cc(C(=O)N2CCC3(CC2)CC(O)CN(C2CCOCC2)C3)nn1C(F)F. The first-order chi connectivity index (χ1) is 13.9. The van der Waals surface area contributed by atoms with Gasteiger partial charge in [-0.2, -0.15) is 13.9 Å². The summed E-state index contributed by atoms with van der Waals surface area (Å²) in [5.41, 5.74) is 0.357. The molecule has 3 aliphatic rings. The quantitative estimate of drug-likeness (QED) is 0.823. The van der Waals surface area contributed by atoms with Crippen molar-refractivity contribution < 1.29 is 23.4 Å². The Morgan fingerprint density at radius 2 is 2.00 bits per heavy atom. The lowest BCUT2D eigenvalue weighted by atomic mass is 9.71. The van der Waals surface area contributed by atoms with Crippen LogP contribution in [-0.4, -0.2) is 82.1 Å². The molecule has 29 heavy (non-hydrogen) atoms. The van der Waals surface area contributed by atoms with E-state index in [1.807, 2.05) is 0 Å². The smallest absolute Gasteiger partial charge is 0.333 e. The molecule has 0 bridgehead atoms. The number of aliphatic hydroxyl groups is 1. The van der Waals surface area contributed by atoms with Gasteiger partial charge in [-0.25, -0.2) is 4.68 Å². The van der Waals surface area contributed by atoms with Crippen molar-refractivity contribution in [3.8, 4) is 0 Å². The molecule has 3 saturated heterocycles. The number of rotatable bonds is 3. The molecule has 0 saturated carbocycles. The first-order valence-electron chi connectivity index (χ1n) is 10.5. The van der Waals surface area contributed by atoms with Gasteiger partial charge in [0.1, 0.15) is 0 Å². The average Bonchev–Trinajstić information content (AvgIpc) is 3.10. The van der Waals surface area contributed by atoms with Crippen LogP contribution < -0.4 is 0 Å². The molecular formula is C20H30F2N4O3. The molecular weight excluding hydrogens is 382 g/mol. The van der Waals surface area contributed by atoms with Crippen molar-refractivity contribution in [1.29, 1.82) is 0 Å². The fourth-order valence-electron chi connectivity index (χ4n) is 5.22. The Morgan fingerprint density at radius 1 is 1.31 bits per heavy atom. The summed E-state index contributed by atoms with van der Waals surface area (Å²) in [7, 11) is 0. The number of ether oxygens (including phenoxy) is 1. The van der Waals surface area contributed by atoms with Crippen LogP contribution in [0.5, 0.6) is 0 Å². The van der Waals surface area contributed by atoms with Crippen molar-refractivity contribution in [2.45, 2.75) is 57.7 Å². The number of carbonyl (C=O) groups is 1. The molecule has 1 amide bonds. The number of β-amino-alcohol motifs (C(OH)–C–C–N with tert-alkyl or cyclic N) is 1. The summed E-state index contributed by atoms with van der Waals surface area (Å²) >= 11 is 0. The molecule has 7 nitrogen and oxygen atoms in total. The first kappa shape index (κ1) is 20.7. The molecule has 1 aromatic rings. The van der Waals surface area contributed by atoms with Crippen molar-refractivity contribution in [2.24, 2.45) is 5.41 Å². The molecule has 1 aromatic heterocycles. The third kappa shape index (κ3) is 4.32. The number of alkyl halides is 2. The van der Waals surface area contributed by atoms with Crippen LogP contribution in [0, 0.1) is 12.3 Å². The van der Waals surface area contributed by atoms with Gasteiger partial charge in [0.2, 0.25) is 0 Å². The molecule has 1 atom stereocenters. The maximum absolute atomic E-state index is 13.0. The Balaban J connectivity index is 1.40. The van der Waals surface area contributed by atoms with Gasteiger partial charge in [0, 0.05) is 51.1 Å². The number of aryl methyl sites for hydroxylation is 1. The fourth-order valence-corrected chi connectivity index (χ4v) is 5.22. The maximum Gasteiger partial charge on any atom is 0.333 e. The van der Waals surface area contributed by atoms with Crippen LogP contribution in [0.1, 0.15) is 54.8 Å². The molecule has 0 radical (unpaired) electrons. The summed E-state index contributed by atoms with van der Waals surface area (Å²) in [5, 5.41) is 14.3. The third-order valence-corrected chi connectivity index (χ3v) is 6.80. The van der Waals surface area contributed by atoms with E-state index in [0.717, 1.165) is 51.9 Å². The molecule has 0 aromatic carbocycles. The van der Waals surface area contributed by atoms with Gasteiger partial charge in [-0.05, 0) is 50.5 Å². The van der Waals surface area contributed by atoms with E-state index in [4.69, 9.17) is 4.74 Å². The van der Waals surface area contributed by atoms with E-state index < -0.39 is 6.55 Å². The van der Waals surface area contributed by atoms with E-state index >= 15 is 0 Å². The lowest BCUT2D eigenvalue weighted by molar-refractivity contribution is -0.0695. The molecule has 1 spiro atoms. The molecule has 0 aliphatic carbocycles. The van der Waals surface area contributed by atoms with E-state index in [0.29, 0.717) is 30.4 Å². The van der Waals surface area contributed by atoms with Gasteiger partial charge in [0.25, 0.3) is 5.91 Å². The van der Waals surface area contributed by atoms with Gasteiger partial charge < -0.3 is 14.7 Å². The van der Waals surface area contributed by atoms with Gasteiger partial charge in [-0.15, -0.1) is 0 Å². The second kappa shape index (κ2) is 8.28. The predicted molar refractivity (Wildman–Crippen MR) is 102 cm³/mol. The number of likely N-dealkylation sites (tertiary alicyclic amines) is 2. The van der Waals surface area contributed by atoms with Crippen LogP contribution in [0.3, 0.4) is 0 Å². The van der Waals surface area contributed by atoms with Gasteiger partial charge in [0.15, 0.2) is 5.69 Å². The monoisotopic (exact) mass is 412 g/mol. The molecule has 162 valence electrons. The summed E-state index contributed by atoms with van der Waals surface area (Å²) in [5.74, 6) is -0.292. The topological polar surface area (TPSA) is 70.8 Å². The number of amides is 1. The number of halogens is 2. The fraction of sp³-hybridized carbons (Fsp3) is 0.800. The Bertz CT molecular complexity index is 727. The van der Waals surface area contributed by atoms with E-state index in [1.54, 1.807) is 4.90 Å². The summed E-state index contributed by atoms with van der Waals surface area (Å²) in [6, 6.07) is 1.88. The maximum atomic E-state index is 13.0. The van der Waals surface area contributed by atoms with Crippen molar-refractivity contribution in [3.05, 3.63) is 17.5 Å². The van der Waals surface area contributed by atoms with Crippen LogP contribution in [0.2, 0.25) is 0 Å². The van der Waals surface area contributed by atoms with Gasteiger partial charge >= 0.3 is 6.55 Å². The molecule has 9 heteroatoms. The highest BCUT2D eigenvalue weighted by Crippen LogP contribution is 2.41. The average molecular weight is 412 g/mol. The lowest BCUT2D eigenvalue weighted by Gasteiger charge is -2.51. The summed E-state index contributed by atoms with van der Waals surface area (Å²) in [6.45, 7) is 3.10. The number of aromatic nitrogens is 2. The van der Waals surface area contributed by atoms with Crippen molar-refractivity contribution in [1.82, 2.24) is 19.6 Å². The lowest BCUT2D eigenvalue weighted by Crippen LogP contribution is -2.57. The minimum atomic E-state index is -2.75. The second-order valence-electron chi connectivity index (χ2n) is 8.82. The molecule has 3 fully saturated rings. The normalized spacial score (nSPS) is 26.4. The summed E-state index contributed by atoms with van der Waals surface area (Å²) in [6.07, 6.45) is 4.03. The zero-order chi connectivity index (χ0) is 20.6. The highest BCUT2D eigenvalue weighted by molar-refractivity contribution is 5.92. The summed E-state index contributed by atoms with van der Waals surface area (Å²) in [4.78, 5) is 16.9. The van der Waals surface area contributed by atoms with Gasteiger partial charge in [-0.1, -0.05) is 0 Å². The minimum Gasteiger partial charge on any atom is -0.392 e. The Labute approximate surface area is 169 Å². The minimum absolute atomic E-state index is 0.00496. The third-order valence-electron chi connectivity index (χ3n) is 6.80. The molecule has 4 rings (SSSR count). The standard InChI is InChI=1S/C20H30F2N4O3/c1-14-10-17(23-26(14)19(21)22)18(28)24-6-4-20(5-7-24)11-16(27)12-25(13-20)15-2-8-29-9-3-15/h10,15-16,19,27H,2-9,11-13H2,1H3. The Kier molecular flexibility index (Phi) is 5.90. The van der Waals surface area contributed by atoms with Crippen LogP contribution in [0.4, 0.5) is 8.78 Å². The number of hydrogen-bond acceptors (Lipinski definition) is 5. The van der Waals surface area contributed by atoms with E-state index in [2.05, 4.69) is 10.00 Å². The highest BCUT2D eigenvalue weighted by Gasteiger charge is 2.44. The first-order valence-corrected chi connectivity index (χ1v) is 10.5. The molecule has 3 aliphatic heterocycles. The van der Waals surface area contributed by atoms with Crippen LogP contribution in [0.25, 0.3) is 0 Å². The Morgan fingerprint density at radius 3 is 2.62 bits per heavy atom. The van der Waals surface area contributed by atoms with E-state index in [-0.39, 0.29) is 28.8 Å². The van der Waals surface area contributed by atoms with Crippen molar-refractivity contribution in [2.75, 3.05) is 39.4 Å². The molecule has 1 unspecified atom stereocenters. The van der Waals surface area contributed by atoms with Gasteiger partial charge in [-0.3, -0.25) is 9.69 Å². The number of carbonyl (C=O) groups excluding carboxylic acids is 1. The zero-order valence-electron chi connectivity index (χ0n) is 16.9. The van der Waals surface area contributed by atoms with Gasteiger partial charge in [0.05, 0.1) is 6.10 Å². The predicted octanol–water partition coefficient (Wildman–Crippen LogP) is 2.05. The Hall–Kier alpha value is -1.58. The highest BCUT2D eigenvalue weighted by atomic mass is 19.3. The van der Waals surface area contributed by atoms with Crippen LogP contribution in [-0.2, 0) is 4.74 Å². The van der Waals surface area contributed by atoms with Crippen LogP contribution in [0.15, 0.2) is 6.07 Å². The second-order valence-corrected chi connectivity index (χ2v) is 8.82. The summed E-state index contributed by atoms with van der Waals surface area (Å²) < 4.78 is 32.0.